The summed E-state index contributed by atoms with van der Waals surface area (Å²) in [6.45, 7) is 0. The van der Waals surface area contributed by atoms with E-state index in [9.17, 15) is 0 Å². The number of aromatic nitrogens is 1. The Kier molecular flexibility index (Phi) is 1.78. The van der Waals surface area contributed by atoms with Crippen LogP contribution in [0.3, 0.4) is 0 Å². The third-order valence-corrected chi connectivity index (χ3v) is 4.13. The van der Waals surface area contributed by atoms with Crippen LogP contribution in [0.1, 0.15) is 11.1 Å². The summed E-state index contributed by atoms with van der Waals surface area (Å²) in [6.07, 6.45) is 7.29. The summed E-state index contributed by atoms with van der Waals surface area (Å²) in [5.41, 5.74) is 5.44. The molecule has 2 heteroatoms. The molecule has 4 aromatic rings. The Hall–Kier alpha value is -2.61. The van der Waals surface area contributed by atoms with Crippen molar-refractivity contribution in [1.82, 2.24) is 4.98 Å². The Balaban J connectivity index is 2.15. The Labute approximate surface area is 115 Å². The summed E-state index contributed by atoms with van der Waals surface area (Å²) >= 11 is 0. The van der Waals surface area contributed by atoms with E-state index in [0.717, 1.165) is 28.5 Å². The molecule has 2 heterocycles. The zero-order valence-electron chi connectivity index (χ0n) is 10.8. The second kappa shape index (κ2) is 3.48. The van der Waals surface area contributed by atoms with E-state index in [1.165, 1.54) is 21.9 Å². The lowest BCUT2D eigenvalue weighted by Gasteiger charge is -2.06. The Morgan fingerprint density at radius 1 is 0.950 bits per heavy atom. The fourth-order valence-corrected chi connectivity index (χ4v) is 3.24. The van der Waals surface area contributed by atoms with Crippen molar-refractivity contribution in [1.29, 1.82) is 0 Å². The zero-order chi connectivity index (χ0) is 13.1. The number of rotatable bonds is 0. The molecule has 2 nitrogen and oxygen atoms in total. The first kappa shape index (κ1) is 10.2. The van der Waals surface area contributed by atoms with E-state index >= 15 is 0 Å². The van der Waals surface area contributed by atoms with Crippen LogP contribution in [0.25, 0.3) is 38.9 Å². The highest BCUT2D eigenvalue weighted by Gasteiger charge is 2.16. The number of pyridine rings is 1. The molecule has 0 aliphatic heterocycles. The number of fused-ring (bicyclic) bond motifs is 7. The van der Waals surface area contributed by atoms with Crippen LogP contribution in [-0.2, 0) is 6.42 Å². The van der Waals surface area contributed by atoms with E-state index in [1.54, 1.807) is 0 Å². The summed E-state index contributed by atoms with van der Waals surface area (Å²) < 4.78 is 5.93. The second-order valence-electron chi connectivity index (χ2n) is 5.23. The Morgan fingerprint density at radius 2 is 1.90 bits per heavy atom. The van der Waals surface area contributed by atoms with Crippen molar-refractivity contribution in [3.05, 3.63) is 59.8 Å². The number of furan rings is 1. The van der Waals surface area contributed by atoms with Gasteiger partial charge in [0.25, 0.3) is 0 Å². The minimum atomic E-state index is 0.856. The van der Waals surface area contributed by atoms with E-state index in [1.807, 2.05) is 24.4 Å². The van der Waals surface area contributed by atoms with Crippen LogP contribution in [0.15, 0.2) is 53.1 Å². The average molecular weight is 257 g/mol. The molecule has 5 rings (SSSR count). The van der Waals surface area contributed by atoms with Gasteiger partial charge in [-0.2, -0.15) is 0 Å². The summed E-state index contributed by atoms with van der Waals surface area (Å²) in [4.78, 5) is 4.53. The van der Waals surface area contributed by atoms with Crippen LogP contribution >= 0.6 is 0 Å². The lowest BCUT2D eigenvalue weighted by atomic mass is 9.97. The van der Waals surface area contributed by atoms with Crippen molar-refractivity contribution < 1.29 is 4.42 Å². The molecule has 0 amide bonds. The molecule has 0 saturated heterocycles. The summed E-state index contributed by atoms with van der Waals surface area (Å²) in [5.74, 6) is 0. The minimum Gasteiger partial charge on any atom is -0.454 e. The maximum absolute atomic E-state index is 5.93. The van der Waals surface area contributed by atoms with Gasteiger partial charge in [-0.15, -0.1) is 0 Å². The summed E-state index contributed by atoms with van der Waals surface area (Å²) in [7, 11) is 0. The molecule has 0 bridgehead atoms. The van der Waals surface area contributed by atoms with Crippen molar-refractivity contribution in [2.45, 2.75) is 6.42 Å². The first-order chi connectivity index (χ1) is 9.92. The van der Waals surface area contributed by atoms with Crippen molar-refractivity contribution in [3.8, 4) is 0 Å². The van der Waals surface area contributed by atoms with Crippen LogP contribution in [0, 0.1) is 0 Å². The lowest BCUT2D eigenvalue weighted by Crippen LogP contribution is -1.85. The highest BCUT2D eigenvalue weighted by atomic mass is 16.3. The SMILES string of the molecule is C1=Cc2c(ccc3ccc4oc5cccnc5c4c23)C1. The van der Waals surface area contributed by atoms with Gasteiger partial charge in [0.05, 0.1) is 5.39 Å². The molecule has 0 spiro atoms. The number of hydrogen-bond donors (Lipinski definition) is 0. The number of nitrogens with zero attached hydrogens (tertiary/aromatic N) is 1. The average Bonchev–Trinajstić information content (AvgIpc) is 3.10. The van der Waals surface area contributed by atoms with Gasteiger partial charge in [-0.05, 0) is 41.1 Å². The van der Waals surface area contributed by atoms with E-state index in [2.05, 4.69) is 35.3 Å². The summed E-state index contributed by atoms with van der Waals surface area (Å²) in [5, 5.41) is 3.66. The number of allylic oxidation sites excluding steroid dienone is 1. The molecular weight excluding hydrogens is 246 g/mol. The molecule has 0 unspecified atom stereocenters. The fourth-order valence-electron chi connectivity index (χ4n) is 3.24. The van der Waals surface area contributed by atoms with Crippen LogP contribution in [0.4, 0.5) is 0 Å². The number of benzene rings is 2. The van der Waals surface area contributed by atoms with Crippen LogP contribution in [0.2, 0.25) is 0 Å². The van der Waals surface area contributed by atoms with Crippen molar-refractivity contribution in [2.24, 2.45) is 0 Å². The quantitative estimate of drug-likeness (QED) is 0.456. The predicted octanol–water partition coefficient (Wildman–Crippen LogP) is 4.70. The van der Waals surface area contributed by atoms with E-state index < -0.39 is 0 Å². The first-order valence-electron chi connectivity index (χ1n) is 6.80. The maximum atomic E-state index is 5.93. The fraction of sp³-hybridized carbons (Fsp3) is 0.0556. The van der Waals surface area contributed by atoms with Gasteiger partial charge in [-0.25, -0.2) is 0 Å². The van der Waals surface area contributed by atoms with Gasteiger partial charge in [0.1, 0.15) is 11.1 Å². The standard InChI is InChI=1S/C18H11NO/c1-3-11-6-7-12-8-9-14-17(16(12)13(11)4-1)18-15(20-14)5-2-10-19-18/h1-2,4-10H,3H2. The van der Waals surface area contributed by atoms with Gasteiger partial charge in [-0.1, -0.05) is 30.4 Å². The third-order valence-electron chi connectivity index (χ3n) is 4.13. The van der Waals surface area contributed by atoms with Gasteiger partial charge in [0, 0.05) is 11.6 Å². The first-order valence-corrected chi connectivity index (χ1v) is 6.80. The molecule has 2 aromatic carbocycles. The molecule has 20 heavy (non-hydrogen) atoms. The van der Waals surface area contributed by atoms with E-state index in [-0.39, 0.29) is 0 Å². The van der Waals surface area contributed by atoms with Gasteiger partial charge in [0.15, 0.2) is 5.58 Å². The highest BCUT2D eigenvalue weighted by Crippen LogP contribution is 2.38. The van der Waals surface area contributed by atoms with Gasteiger partial charge >= 0.3 is 0 Å². The molecule has 0 atom stereocenters. The summed E-state index contributed by atoms with van der Waals surface area (Å²) in [6, 6.07) is 12.5. The molecule has 0 fully saturated rings. The molecule has 2 aromatic heterocycles. The maximum Gasteiger partial charge on any atom is 0.153 e. The van der Waals surface area contributed by atoms with Gasteiger partial charge in [0.2, 0.25) is 0 Å². The van der Waals surface area contributed by atoms with Crippen LogP contribution < -0.4 is 0 Å². The molecule has 94 valence electrons. The van der Waals surface area contributed by atoms with E-state index in [4.69, 9.17) is 4.42 Å². The Bertz CT molecular complexity index is 1020. The van der Waals surface area contributed by atoms with Gasteiger partial charge in [-0.3, -0.25) is 4.98 Å². The van der Waals surface area contributed by atoms with Crippen molar-refractivity contribution >= 4 is 38.9 Å². The number of hydrogen-bond acceptors (Lipinski definition) is 2. The lowest BCUT2D eigenvalue weighted by molar-refractivity contribution is 0.668. The molecule has 1 aliphatic carbocycles. The molecule has 0 N–H and O–H groups in total. The predicted molar refractivity (Wildman–Crippen MR) is 81.8 cm³/mol. The molecule has 0 saturated carbocycles. The van der Waals surface area contributed by atoms with Crippen LogP contribution in [-0.4, -0.2) is 4.98 Å². The smallest absolute Gasteiger partial charge is 0.153 e. The second-order valence-corrected chi connectivity index (χ2v) is 5.23. The minimum absolute atomic E-state index is 0.856. The van der Waals surface area contributed by atoms with Crippen molar-refractivity contribution in [3.63, 3.8) is 0 Å². The molecular formula is C18H11NO. The zero-order valence-corrected chi connectivity index (χ0v) is 10.8. The monoisotopic (exact) mass is 257 g/mol. The highest BCUT2D eigenvalue weighted by molar-refractivity contribution is 6.20. The van der Waals surface area contributed by atoms with Gasteiger partial charge < -0.3 is 4.42 Å². The van der Waals surface area contributed by atoms with Crippen molar-refractivity contribution in [2.75, 3.05) is 0 Å². The largest absolute Gasteiger partial charge is 0.454 e. The third kappa shape index (κ3) is 1.16. The van der Waals surface area contributed by atoms with Crippen LogP contribution in [0.5, 0.6) is 0 Å². The van der Waals surface area contributed by atoms with E-state index in [0.29, 0.717) is 0 Å². The Morgan fingerprint density at radius 3 is 2.90 bits per heavy atom. The topological polar surface area (TPSA) is 26.0 Å². The molecule has 1 aliphatic rings. The molecule has 0 radical (unpaired) electrons. The normalized spacial score (nSPS) is 13.6.